The van der Waals surface area contributed by atoms with Crippen LogP contribution in [0.5, 0.6) is 0 Å². The normalized spacial score (nSPS) is 20.4. The first-order chi connectivity index (χ1) is 14.0. The summed E-state index contributed by atoms with van der Waals surface area (Å²) in [6, 6.07) is 0. The van der Waals surface area contributed by atoms with E-state index >= 15 is 0 Å². The van der Waals surface area contributed by atoms with Gasteiger partial charge < -0.3 is 10.2 Å². The van der Waals surface area contributed by atoms with Crippen LogP contribution in [0.1, 0.15) is 122 Å². The predicted octanol–water partition coefficient (Wildman–Crippen LogP) is 7.12. The van der Waals surface area contributed by atoms with Crippen molar-refractivity contribution in [3.8, 4) is 0 Å². The molecule has 0 aromatic rings. The molecule has 0 aromatic heterocycles. The van der Waals surface area contributed by atoms with Crippen molar-refractivity contribution in [2.75, 3.05) is 0 Å². The van der Waals surface area contributed by atoms with Crippen LogP contribution in [-0.2, 0) is 9.59 Å². The van der Waals surface area contributed by atoms with Crippen LogP contribution in [-0.4, -0.2) is 22.2 Å². The van der Waals surface area contributed by atoms with E-state index < -0.39 is 22.8 Å². The molecule has 0 atom stereocenters. The van der Waals surface area contributed by atoms with Crippen LogP contribution in [0.3, 0.4) is 0 Å². The number of carboxylic acids is 2. The van der Waals surface area contributed by atoms with Gasteiger partial charge in [-0.3, -0.25) is 9.59 Å². The van der Waals surface area contributed by atoms with Crippen LogP contribution < -0.4 is 0 Å². The lowest BCUT2D eigenvalue weighted by Crippen LogP contribution is -2.27. The van der Waals surface area contributed by atoms with Crippen LogP contribution in [0, 0.1) is 10.8 Å². The summed E-state index contributed by atoms with van der Waals surface area (Å²) < 4.78 is 0. The molecule has 2 aliphatic carbocycles. The summed E-state index contributed by atoms with van der Waals surface area (Å²) in [5.41, 5.74) is -0.806. The van der Waals surface area contributed by atoms with E-state index in [4.69, 9.17) is 0 Å². The molecule has 0 saturated heterocycles. The molecule has 29 heavy (non-hydrogen) atoms. The molecule has 0 radical (unpaired) electrons. The van der Waals surface area contributed by atoms with Gasteiger partial charge in [-0.1, -0.05) is 69.9 Å². The van der Waals surface area contributed by atoms with Crippen LogP contribution >= 0.6 is 0 Å². The number of carboxylic acid groups (broad SMARTS) is 2. The Labute approximate surface area is 177 Å². The molecule has 0 aliphatic heterocycles. The van der Waals surface area contributed by atoms with Gasteiger partial charge >= 0.3 is 11.9 Å². The summed E-state index contributed by atoms with van der Waals surface area (Å²) in [7, 11) is 0. The van der Waals surface area contributed by atoms with Crippen molar-refractivity contribution in [1.82, 2.24) is 0 Å². The highest BCUT2D eigenvalue weighted by atomic mass is 16.4. The molecule has 0 bridgehead atoms. The van der Waals surface area contributed by atoms with Gasteiger partial charge in [-0.05, 0) is 64.2 Å². The van der Waals surface area contributed by atoms with Crippen molar-refractivity contribution >= 4 is 11.9 Å². The van der Waals surface area contributed by atoms with Gasteiger partial charge in [0.15, 0.2) is 0 Å². The first-order valence-corrected chi connectivity index (χ1v) is 12.1. The fourth-order valence-electron chi connectivity index (χ4n) is 5.46. The second-order valence-electron chi connectivity index (χ2n) is 9.61. The molecule has 0 unspecified atom stereocenters. The van der Waals surface area contributed by atoms with E-state index in [1.165, 1.54) is 12.8 Å². The van der Waals surface area contributed by atoms with Gasteiger partial charge in [0.1, 0.15) is 0 Å². The van der Waals surface area contributed by atoms with Gasteiger partial charge in [-0.25, -0.2) is 0 Å². The quantitative estimate of drug-likeness (QED) is 0.224. The lowest BCUT2D eigenvalue weighted by Gasteiger charge is -2.23. The molecule has 2 rings (SSSR count). The maximum absolute atomic E-state index is 11.5. The number of hydrogen-bond donors (Lipinski definition) is 2. The Morgan fingerprint density at radius 3 is 1.31 bits per heavy atom. The van der Waals surface area contributed by atoms with Gasteiger partial charge in [0, 0.05) is 0 Å². The first kappa shape index (κ1) is 24.0. The van der Waals surface area contributed by atoms with E-state index in [2.05, 4.69) is 12.2 Å². The highest BCUT2D eigenvalue weighted by Gasteiger charge is 2.41. The van der Waals surface area contributed by atoms with Crippen molar-refractivity contribution in [1.29, 1.82) is 0 Å². The van der Waals surface area contributed by atoms with Gasteiger partial charge in [0.25, 0.3) is 0 Å². The topological polar surface area (TPSA) is 74.6 Å². The first-order valence-electron chi connectivity index (χ1n) is 12.1. The van der Waals surface area contributed by atoms with E-state index in [1.54, 1.807) is 0 Å². The second-order valence-corrected chi connectivity index (χ2v) is 9.61. The van der Waals surface area contributed by atoms with Crippen molar-refractivity contribution in [2.45, 2.75) is 122 Å². The molecule has 2 aliphatic rings. The molecule has 2 saturated carbocycles. The molecular weight excluding hydrogens is 364 g/mol. The van der Waals surface area contributed by atoms with E-state index in [1.807, 2.05) is 0 Å². The van der Waals surface area contributed by atoms with E-state index in [0.717, 1.165) is 109 Å². The molecule has 4 heteroatoms. The Morgan fingerprint density at radius 2 is 0.931 bits per heavy atom. The molecule has 2 fully saturated rings. The minimum atomic E-state index is -0.573. The molecule has 0 amide bonds. The van der Waals surface area contributed by atoms with Crippen molar-refractivity contribution < 1.29 is 19.8 Å². The molecule has 2 N–H and O–H groups in total. The smallest absolute Gasteiger partial charge is 0.309 e. The minimum Gasteiger partial charge on any atom is -0.481 e. The summed E-state index contributed by atoms with van der Waals surface area (Å²) in [4.78, 5) is 23.1. The third kappa shape index (κ3) is 7.46. The summed E-state index contributed by atoms with van der Waals surface area (Å²) in [5, 5.41) is 19.0. The second kappa shape index (κ2) is 12.4. The number of rotatable bonds is 15. The molecule has 166 valence electrons. The summed E-state index contributed by atoms with van der Waals surface area (Å²) in [6.45, 7) is 0. The number of allylic oxidation sites excluding steroid dienone is 2. The number of aliphatic carboxylic acids is 2. The summed E-state index contributed by atoms with van der Waals surface area (Å²) >= 11 is 0. The van der Waals surface area contributed by atoms with Crippen LogP contribution in [0.4, 0.5) is 0 Å². The van der Waals surface area contributed by atoms with Gasteiger partial charge in [0.05, 0.1) is 10.8 Å². The van der Waals surface area contributed by atoms with Crippen LogP contribution in [0.2, 0.25) is 0 Å². The lowest BCUT2D eigenvalue weighted by atomic mass is 9.81. The van der Waals surface area contributed by atoms with E-state index in [-0.39, 0.29) is 0 Å². The standard InChI is InChI=1S/C25H42O4/c26-22(27)24(18-12-13-19-24)16-10-8-6-4-2-1-3-5-7-9-11-17-25(23(28)29)20-14-15-21-25/h1-2H,3-21H2,(H,26,27)(H,28,29). The van der Waals surface area contributed by atoms with Gasteiger partial charge in [0.2, 0.25) is 0 Å². The molecular formula is C25H42O4. The average molecular weight is 407 g/mol. The Balaban J connectivity index is 1.42. The highest BCUT2D eigenvalue weighted by molar-refractivity contribution is 5.75. The third-order valence-electron chi connectivity index (χ3n) is 7.50. The number of carbonyl (C=O) groups is 2. The lowest BCUT2D eigenvalue weighted by molar-refractivity contribution is -0.150. The SMILES string of the molecule is O=C(O)C1(CCCCCC=CCCCCCCC2(C(=O)O)CCCC2)CCCC1. The van der Waals surface area contributed by atoms with Crippen molar-refractivity contribution in [3.63, 3.8) is 0 Å². The summed E-state index contributed by atoms with van der Waals surface area (Å²) in [6.07, 6.45) is 24.2. The predicted molar refractivity (Wildman–Crippen MR) is 117 cm³/mol. The fourth-order valence-corrected chi connectivity index (χ4v) is 5.46. The van der Waals surface area contributed by atoms with Crippen molar-refractivity contribution in [3.05, 3.63) is 12.2 Å². The largest absolute Gasteiger partial charge is 0.481 e. The van der Waals surface area contributed by atoms with Crippen LogP contribution in [0.15, 0.2) is 12.2 Å². The van der Waals surface area contributed by atoms with E-state index in [9.17, 15) is 19.8 Å². The maximum atomic E-state index is 11.5. The zero-order chi connectivity index (χ0) is 21.0. The number of hydrogen-bond acceptors (Lipinski definition) is 2. The Kier molecular flexibility index (Phi) is 10.2. The van der Waals surface area contributed by atoms with Crippen molar-refractivity contribution in [2.24, 2.45) is 10.8 Å². The van der Waals surface area contributed by atoms with E-state index in [0.29, 0.717) is 0 Å². The monoisotopic (exact) mass is 406 g/mol. The Hall–Kier alpha value is -1.32. The molecule has 4 nitrogen and oxygen atoms in total. The third-order valence-corrected chi connectivity index (χ3v) is 7.50. The highest BCUT2D eigenvalue weighted by Crippen LogP contribution is 2.43. The van der Waals surface area contributed by atoms with Gasteiger partial charge in [-0.2, -0.15) is 0 Å². The molecule has 0 heterocycles. The zero-order valence-corrected chi connectivity index (χ0v) is 18.3. The average Bonchev–Trinajstić information content (AvgIpc) is 3.36. The van der Waals surface area contributed by atoms with Gasteiger partial charge in [-0.15, -0.1) is 0 Å². The fraction of sp³-hybridized carbons (Fsp3) is 0.840. The molecule has 0 aromatic carbocycles. The summed E-state index contributed by atoms with van der Waals surface area (Å²) in [5.74, 6) is -1.14. The zero-order valence-electron chi connectivity index (χ0n) is 18.3. The Bertz CT molecular complexity index is 525. The van der Waals surface area contributed by atoms with Crippen LogP contribution in [0.25, 0.3) is 0 Å². The number of unbranched alkanes of at least 4 members (excludes halogenated alkanes) is 7. The Morgan fingerprint density at radius 1 is 0.586 bits per heavy atom. The maximum Gasteiger partial charge on any atom is 0.309 e. The molecule has 0 spiro atoms. The minimum absolute atomic E-state index is 0.401.